The summed E-state index contributed by atoms with van der Waals surface area (Å²) in [5.41, 5.74) is 3.02. The van der Waals surface area contributed by atoms with Crippen LogP contribution in [0.2, 0.25) is 0 Å². The summed E-state index contributed by atoms with van der Waals surface area (Å²) in [5.74, 6) is 1.46. The Kier molecular flexibility index (Phi) is 7.36. The molecule has 0 amide bonds. The van der Waals surface area contributed by atoms with E-state index < -0.39 is 6.10 Å². The van der Waals surface area contributed by atoms with E-state index in [4.69, 9.17) is 9.47 Å². The van der Waals surface area contributed by atoms with E-state index in [0.29, 0.717) is 12.4 Å². The summed E-state index contributed by atoms with van der Waals surface area (Å²) in [4.78, 5) is 0. The second kappa shape index (κ2) is 10.2. The van der Waals surface area contributed by atoms with E-state index in [2.05, 4.69) is 43.4 Å². The van der Waals surface area contributed by atoms with Crippen LogP contribution in [0.3, 0.4) is 0 Å². The largest absolute Gasteiger partial charge is 0.489 e. The molecule has 3 rings (SSSR count). The fourth-order valence-corrected chi connectivity index (χ4v) is 3.29. The Morgan fingerprint density at radius 3 is 2.13 bits per heavy atom. The topological polar surface area (TPSA) is 50.7 Å². The highest BCUT2D eigenvalue weighted by molar-refractivity contribution is 5.61. The molecule has 3 aromatic carbocycles. The molecule has 0 saturated heterocycles. The number of hydrogen-bond donors (Lipinski definition) is 2. The third kappa shape index (κ3) is 6.82. The molecule has 0 heterocycles. The molecule has 0 aliphatic carbocycles. The maximum atomic E-state index is 9.63. The van der Waals surface area contributed by atoms with Crippen LogP contribution in [0.5, 0.6) is 11.5 Å². The number of aliphatic hydroxyl groups excluding tert-OH is 1. The minimum atomic E-state index is -0.538. The highest BCUT2D eigenvalue weighted by Crippen LogP contribution is 2.33. The molecule has 0 aliphatic heterocycles. The molecular formula is C26H31NO3. The van der Waals surface area contributed by atoms with Gasteiger partial charge in [-0.3, -0.25) is 0 Å². The maximum Gasteiger partial charge on any atom is 0.142 e. The number of benzene rings is 3. The normalized spacial score (nSPS) is 12.3. The molecule has 2 N–H and O–H groups in total. The molecule has 30 heavy (non-hydrogen) atoms. The molecule has 1 atom stereocenters. The Morgan fingerprint density at radius 2 is 1.50 bits per heavy atom. The van der Waals surface area contributed by atoms with Gasteiger partial charge in [0.05, 0.1) is 11.8 Å². The smallest absolute Gasteiger partial charge is 0.142 e. The standard InChI is InChI=1S/C26H31NO3/c1-20(28)18-30-25-15-14-23(29-19-22-12-8-5-9-13-22)16-24(25)27-26(2,3)17-21-10-6-4-7-11-21/h4-16,20,27-28H,17-19H2,1-3H3. The van der Waals surface area contributed by atoms with Gasteiger partial charge in [-0.2, -0.15) is 0 Å². The Hall–Kier alpha value is -2.98. The Morgan fingerprint density at radius 1 is 0.867 bits per heavy atom. The molecule has 158 valence electrons. The second-order valence-corrected chi connectivity index (χ2v) is 8.26. The average Bonchev–Trinajstić information content (AvgIpc) is 2.72. The van der Waals surface area contributed by atoms with Gasteiger partial charge >= 0.3 is 0 Å². The first-order chi connectivity index (χ1) is 14.4. The Balaban J connectivity index is 1.77. The highest BCUT2D eigenvalue weighted by atomic mass is 16.5. The van der Waals surface area contributed by atoms with Crippen molar-refractivity contribution >= 4 is 5.69 Å². The monoisotopic (exact) mass is 405 g/mol. The molecular weight excluding hydrogens is 374 g/mol. The third-order valence-corrected chi connectivity index (χ3v) is 4.64. The summed E-state index contributed by atoms with van der Waals surface area (Å²) in [6, 6.07) is 26.3. The van der Waals surface area contributed by atoms with Crippen molar-refractivity contribution in [3.63, 3.8) is 0 Å². The summed E-state index contributed by atoms with van der Waals surface area (Å²) in [5, 5.41) is 13.2. The van der Waals surface area contributed by atoms with Crippen molar-refractivity contribution in [1.82, 2.24) is 0 Å². The maximum absolute atomic E-state index is 9.63. The zero-order chi connectivity index (χ0) is 21.4. The molecule has 0 spiro atoms. The number of ether oxygens (including phenoxy) is 2. The van der Waals surface area contributed by atoms with Gasteiger partial charge in [0, 0.05) is 11.6 Å². The minimum absolute atomic E-state index is 0.206. The van der Waals surface area contributed by atoms with Crippen LogP contribution >= 0.6 is 0 Å². The lowest BCUT2D eigenvalue weighted by Gasteiger charge is -2.29. The van der Waals surface area contributed by atoms with Crippen LogP contribution in [0.1, 0.15) is 31.9 Å². The van der Waals surface area contributed by atoms with Gasteiger partial charge < -0.3 is 19.9 Å². The van der Waals surface area contributed by atoms with E-state index in [9.17, 15) is 5.11 Å². The van der Waals surface area contributed by atoms with Crippen LogP contribution in [0.4, 0.5) is 5.69 Å². The number of nitrogens with one attached hydrogen (secondary N) is 1. The van der Waals surface area contributed by atoms with Crippen molar-refractivity contribution in [3.8, 4) is 11.5 Å². The molecule has 0 radical (unpaired) electrons. The van der Waals surface area contributed by atoms with Gasteiger partial charge in [-0.25, -0.2) is 0 Å². The lowest BCUT2D eigenvalue weighted by atomic mass is 9.94. The van der Waals surface area contributed by atoms with Gasteiger partial charge in [0.1, 0.15) is 24.7 Å². The molecule has 0 saturated carbocycles. The molecule has 0 fully saturated rings. The molecule has 1 unspecified atom stereocenters. The summed E-state index contributed by atoms with van der Waals surface area (Å²) in [6.45, 7) is 6.77. The fraction of sp³-hybridized carbons (Fsp3) is 0.308. The van der Waals surface area contributed by atoms with Gasteiger partial charge in [-0.1, -0.05) is 60.7 Å². The first kappa shape index (κ1) is 21.7. The number of hydrogen-bond acceptors (Lipinski definition) is 4. The quantitative estimate of drug-likeness (QED) is 0.470. The molecule has 3 aromatic rings. The second-order valence-electron chi connectivity index (χ2n) is 8.26. The Bertz CT molecular complexity index is 908. The molecule has 0 aromatic heterocycles. The lowest BCUT2D eigenvalue weighted by Crippen LogP contribution is -2.33. The average molecular weight is 406 g/mol. The first-order valence-electron chi connectivity index (χ1n) is 10.3. The van der Waals surface area contributed by atoms with Crippen LogP contribution < -0.4 is 14.8 Å². The highest BCUT2D eigenvalue weighted by Gasteiger charge is 2.21. The van der Waals surface area contributed by atoms with Gasteiger partial charge in [0.15, 0.2) is 0 Å². The lowest BCUT2D eigenvalue weighted by molar-refractivity contribution is 0.123. The van der Waals surface area contributed by atoms with Crippen LogP contribution in [-0.4, -0.2) is 23.4 Å². The number of anilines is 1. The van der Waals surface area contributed by atoms with Crippen molar-refractivity contribution < 1.29 is 14.6 Å². The molecule has 4 heteroatoms. The zero-order valence-electron chi connectivity index (χ0n) is 18.0. The Labute approximate surface area is 179 Å². The van der Waals surface area contributed by atoms with E-state index in [0.717, 1.165) is 23.4 Å². The molecule has 0 bridgehead atoms. The van der Waals surface area contributed by atoms with Gasteiger partial charge in [0.25, 0.3) is 0 Å². The predicted molar refractivity (Wildman–Crippen MR) is 122 cm³/mol. The van der Waals surface area contributed by atoms with E-state index in [-0.39, 0.29) is 12.1 Å². The number of rotatable bonds is 10. The van der Waals surface area contributed by atoms with Crippen LogP contribution in [-0.2, 0) is 13.0 Å². The third-order valence-electron chi connectivity index (χ3n) is 4.64. The number of aliphatic hydroxyl groups is 1. The van der Waals surface area contributed by atoms with E-state index in [1.807, 2.05) is 54.6 Å². The van der Waals surface area contributed by atoms with Gasteiger partial charge in [-0.15, -0.1) is 0 Å². The van der Waals surface area contributed by atoms with Crippen LogP contribution in [0, 0.1) is 0 Å². The first-order valence-corrected chi connectivity index (χ1v) is 10.3. The van der Waals surface area contributed by atoms with Crippen molar-refractivity contribution in [3.05, 3.63) is 90.0 Å². The van der Waals surface area contributed by atoms with Crippen LogP contribution in [0.25, 0.3) is 0 Å². The van der Waals surface area contributed by atoms with Crippen molar-refractivity contribution in [1.29, 1.82) is 0 Å². The van der Waals surface area contributed by atoms with E-state index >= 15 is 0 Å². The summed E-state index contributed by atoms with van der Waals surface area (Å²) in [7, 11) is 0. The SMILES string of the molecule is CC(O)COc1ccc(OCc2ccccc2)cc1NC(C)(C)Cc1ccccc1. The molecule has 4 nitrogen and oxygen atoms in total. The van der Waals surface area contributed by atoms with Gasteiger partial charge in [0.2, 0.25) is 0 Å². The van der Waals surface area contributed by atoms with Gasteiger partial charge in [-0.05, 0) is 50.5 Å². The fourth-order valence-electron chi connectivity index (χ4n) is 3.29. The van der Waals surface area contributed by atoms with E-state index in [1.54, 1.807) is 6.92 Å². The van der Waals surface area contributed by atoms with Crippen molar-refractivity contribution in [2.24, 2.45) is 0 Å². The van der Waals surface area contributed by atoms with Crippen molar-refractivity contribution in [2.45, 2.75) is 45.4 Å². The summed E-state index contributed by atoms with van der Waals surface area (Å²) >= 11 is 0. The predicted octanol–water partition coefficient (Wildman–Crippen LogP) is 5.46. The summed E-state index contributed by atoms with van der Waals surface area (Å²) < 4.78 is 11.8. The zero-order valence-corrected chi connectivity index (χ0v) is 18.0. The minimum Gasteiger partial charge on any atom is -0.489 e. The summed E-state index contributed by atoms with van der Waals surface area (Å²) in [6.07, 6.45) is 0.322. The van der Waals surface area contributed by atoms with E-state index in [1.165, 1.54) is 5.56 Å². The van der Waals surface area contributed by atoms with Crippen molar-refractivity contribution in [2.75, 3.05) is 11.9 Å². The molecule has 0 aliphatic rings. The van der Waals surface area contributed by atoms with Crippen LogP contribution in [0.15, 0.2) is 78.9 Å².